The van der Waals surface area contributed by atoms with Crippen LogP contribution in [0.3, 0.4) is 0 Å². The van der Waals surface area contributed by atoms with Crippen LogP contribution in [0.5, 0.6) is 5.75 Å². The summed E-state index contributed by atoms with van der Waals surface area (Å²) in [6, 6.07) is 13.2. The Labute approximate surface area is 183 Å². The molecule has 0 fully saturated rings. The fourth-order valence-corrected chi connectivity index (χ4v) is 4.55. The first kappa shape index (κ1) is 22.3. The monoisotopic (exact) mass is 464 g/mol. The van der Waals surface area contributed by atoms with Gasteiger partial charge in [0.2, 0.25) is 0 Å². The van der Waals surface area contributed by atoms with E-state index >= 15 is 0 Å². The van der Waals surface area contributed by atoms with Gasteiger partial charge in [0, 0.05) is 22.8 Å². The molecule has 0 aliphatic heterocycles. The number of nitro benzene ring substituents is 1. The van der Waals surface area contributed by atoms with E-state index in [1.54, 1.807) is 31.2 Å². The van der Waals surface area contributed by atoms with E-state index < -0.39 is 31.5 Å². The maximum Gasteiger partial charge on any atom is 0.356 e. The highest BCUT2D eigenvalue weighted by atomic mass is 35.5. The van der Waals surface area contributed by atoms with E-state index in [-0.39, 0.29) is 23.9 Å². The standard InChI is InChI=1S/C20H17ClN2O7S/c1-2-29-20(24)18-10-14(13-30-16-6-4-3-5-7-16)12-22(18)31(27,28)19-11-15(21)8-9-17(19)23(25)26/h3-12H,2,13H2,1H3. The number of benzene rings is 2. The molecule has 0 amide bonds. The van der Waals surface area contributed by atoms with E-state index in [2.05, 4.69) is 0 Å². The number of hydrogen-bond acceptors (Lipinski definition) is 7. The van der Waals surface area contributed by atoms with Crippen LogP contribution in [-0.2, 0) is 21.4 Å². The largest absolute Gasteiger partial charge is 0.489 e. The van der Waals surface area contributed by atoms with Crippen LogP contribution >= 0.6 is 11.6 Å². The molecule has 162 valence electrons. The molecule has 31 heavy (non-hydrogen) atoms. The zero-order valence-corrected chi connectivity index (χ0v) is 17.8. The first-order chi connectivity index (χ1) is 14.7. The van der Waals surface area contributed by atoms with Crippen LogP contribution in [0.15, 0.2) is 65.7 Å². The van der Waals surface area contributed by atoms with Gasteiger partial charge in [-0.15, -0.1) is 0 Å². The number of rotatable bonds is 8. The van der Waals surface area contributed by atoms with E-state index in [1.165, 1.54) is 12.1 Å². The average molecular weight is 465 g/mol. The van der Waals surface area contributed by atoms with Gasteiger partial charge in [0.1, 0.15) is 18.1 Å². The zero-order valence-electron chi connectivity index (χ0n) is 16.2. The molecular weight excluding hydrogens is 448 g/mol. The molecule has 0 radical (unpaired) electrons. The van der Waals surface area contributed by atoms with Crippen molar-refractivity contribution >= 4 is 33.3 Å². The van der Waals surface area contributed by atoms with Crippen molar-refractivity contribution in [2.45, 2.75) is 18.4 Å². The third-order valence-corrected chi connectivity index (χ3v) is 6.07. The molecule has 0 saturated carbocycles. The number of nitro groups is 1. The SMILES string of the molecule is CCOC(=O)c1cc(COc2ccccc2)cn1S(=O)(=O)c1cc(Cl)ccc1[N+](=O)[O-]. The highest BCUT2D eigenvalue weighted by molar-refractivity contribution is 7.90. The van der Waals surface area contributed by atoms with E-state index in [1.807, 2.05) is 6.07 Å². The number of esters is 1. The van der Waals surface area contributed by atoms with Crippen molar-refractivity contribution in [1.82, 2.24) is 3.97 Å². The number of nitrogens with zero attached hydrogens (tertiary/aromatic N) is 2. The average Bonchev–Trinajstić information content (AvgIpc) is 3.18. The number of hydrogen-bond donors (Lipinski definition) is 0. The molecule has 0 N–H and O–H groups in total. The Morgan fingerprint density at radius 2 is 1.87 bits per heavy atom. The molecule has 2 aromatic carbocycles. The summed E-state index contributed by atoms with van der Waals surface area (Å²) >= 11 is 5.88. The molecule has 0 aliphatic rings. The van der Waals surface area contributed by atoms with E-state index in [4.69, 9.17) is 21.1 Å². The van der Waals surface area contributed by atoms with Gasteiger partial charge in [-0.3, -0.25) is 10.1 Å². The maximum atomic E-state index is 13.3. The van der Waals surface area contributed by atoms with Crippen LogP contribution in [0.2, 0.25) is 5.02 Å². The lowest BCUT2D eigenvalue weighted by Gasteiger charge is -2.10. The second kappa shape index (κ2) is 9.19. The predicted molar refractivity (Wildman–Crippen MR) is 112 cm³/mol. The highest BCUT2D eigenvalue weighted by Crippen LogP contribution is 2.30. The molecule has 1 heterocycles. The fourth-order valence-electron chi connectivity index (χ4n) is 2.76. The number of aromatic nitrogens is 1. The van der Waals surface area contributed by atoms with Gasteiger partial charge >= 0.3 is 5.97 Å². The Morgan fingerprint density at radius 3 is 2.52 bits per heavy atom. The lowest BCUT2D eigenvalue weighted by Crippen LogP contribution is -2.20. The molecule has 0 saturated heterocycles. The topological polar surface area (TPSA) is 118 Å². The molecule has 0 unspecified atom stereocenters. The van der Waals surface area contributed by atoms with Crippen molar-refractivity contribution < 1.29 is 27.6 Å². The Hall–Kier alpha value is -3.37. The summed E-state index contributed by atoms with van der Waals surface area (Å²) in [7, 11) is -4.56. The second-order valence-electron chi connectivity index (χ2n) is 6.23. The van der Waals surface area contributed by atoms with Crippen LogP contribution < -0.4 is 4.74 Å². The van der Waals surface area contributed by atoms with Gasteiger partial charge in [-0.2, -0.15) is 0 Å². The molecule has 0 spiro atoms. The van der Waals surface area contributed by atoms with Crippen molar-refractivity contribution in [3.05, 3.63) is 87.2 Å². The maximum absolute atomic E-state index is 13.3. The Kier molecular flexibility index (Phi) is 6.62. The van der Waals surface area contributed by atoms with Gasteiger partial charge in [0.25, 0.3) is 15.7 Å². The number of carbonyl (C=O) groups excluding carboxylic acids is 1. The molecule has 1 aromatic heterocycles. The second-order valence-corrected chi connectivity index (χ2v) is 8.45. The fraction of sp³-hybridized carbons (Fsp3) is 0.150. The predicted octanol–water partition coefficient (Wildman–Crippen LogP) is 4.04. The molecule has 11 heteroatoms. The number of halogens is 1. The van der Waals surface area contributed by atoms with E-state index in [0.29, 0.717) is 15.3 Å². The molecular formula is C20H17ClN2O7S. The van der Waals surface area contributed by atoms with Crippen LogP contribution in [0.1, 0.15) is 23.0 Å². The normalized spacial score (nSPS) is 11.2. The van der Waals surface area contributed by atoms with Crippen LogP contribution in [0, 0.1) is 10.1 Å². The Balaban J connectivity index is 2.08. The van der Waals surface area contributed by atoms with Gasteiger partial charge in [-0.25, -0.2) is 17.2 Å². The van der Waals surface area contributed by atoms with Crippen molar-refractivity contribution in [1.29, 1.82) is 0 Å². The van der Waals surface area contributed by atoms with Gasteiger partial charge in [-0.1, -0.05) is 29.8 Å². The third-order valence-electron chi connectivity index (χ3n) is 4.13. The van der Waals surface area contributed by atoms with Gasteiger partial charge in [0.05, 0.1) is 11.5 Å². The summed E-state index contributed by atoms with van der Waals surface area (Å²) in [5.74, 6) is -0.358. The van der Waals surface area contributed by atoms with Crippen molar-refractivity contribution in [2.24, 2.45) is 0 Å². The summed E-state index contributed by atoms with van der Waals surface area (Å²) in [5.41, 5.74) is -0.641. The zero-order chi connectivity index (χ0) is 22.6. The van der Waals surface area contributed by atoms with Crippen LogP contribution in [0.4, 0.5) is 5.69 Å². The number of para-hydroxylation sites is 1. The lowest BCUT2D eigenvalue weighted by atomic mass is 10.3. The smallest absolute Gasteiger partial charge is 0.356 e. The van der Waals surface area contributed by atoms with Crippen molar-refractivity contribution in [3.63, 3.8) is 0 Å². The summed E-state index contributed by atoms with van der Waals surface area (Å²) in [5, 5.41) is 11.4. The van der Waals surface area contributed by atoms with E-state index in [9.17, 15) is 23.3 Å². The highest BCUT2D eigenvalue weighted by Gasteiger charge is 2.31. The first-order valence-corrected chi connectivity index (χ1v) is 10.8. The quantitative estimate of drug-likeness (QED) is 0.280. The first-order valence-electron chi connectivity index (χ1n) is 8.99. The van der Waals surface area contributed by atoms with Gasteiger partial charge in [0.15, 0.2) is 4.90 Å². The van der Waals surface area contributed by atoms with Crippen molar-refractivity contribution in [2.75, 3.05) is 6.61 Å². The summed E-state index contributed by atoms with van der Waals surface area (Å²) in [4.78, 5) is 22.3. The molecule has 3 aromatic rings. The summed E-state index contributed by atoms with van der Waals surface area (Å²) < 4.78 is 37.8. The van der Waals surface area contributed by atoms with Crippen LogP contribution in [0.25, 0.3) is 0 Å². The molecule has 3 rings (SSSR count). The Morgan fingerprint density at radius 1 is 1.16 bits per heavy atom. The molecule has 0 bridgehead atoms. The van der Waals surface area contributed by atoms with Gasteiger partial charge in [-0.05, 0) is 37.3 Å². The minimum atomic E-state index is -4.56. The molecule has 9 nitrogen and oxygen atoms in total. The summed E-state index contributed by atoms with van der Waals surface area (Å²) in [6.45, 7) is 1.54. The minimum absolute atomic E-state index is 0.0111. The lowest BCUT2D eigenvalue weighted by molar-refractivity contribution is -0.387. The number of carbonyl (C=O) groups is 1. The summed E-state index contributed by atoms with van der Waals surface area (Å²) in [6.07, 6.45) is 1.16. The van der Waals surface area contributed by atoms with Gasteiger partial charge < -0.3 is 9.47 Å². The van der Waals surface area contributed by atoms with Crippen LogP contribution in [-0.4, -0.2) is 29.9 Å². The van der Waals surface area contributed by atoms with Crippen molar-refractivity contribution in [3.8, 4) is 5.75 Å². The molecule has 0 atom stereocenters. The third kappa shape index (κ3) is 4.86. The van der Waals surface area contributed by atoms with E-state index in [0.717, 1.165) is 18.3 Å². The number of ether oxygens (including phenoxy) is 2. The minimum Gasteiger partial charge on any atom is -0.489 e. The Bertz CT molecular complexity index is 1220. The molecule has 0 aliphatic carbocycles.